The van der Waals surface area contributed by atoms with E-state index in [1.54, 1.807) is 0 Å². The smallest absolute Gasteiger partial charge is 0.356 e. The number of alkyl halides is 6. The molecule has 1 aliphatic carbocycles. The van der Waals surface area contributed by atoms with Crippen molar-refractivity contribution in [1.29, 1.82) is 5.26 Å². The topological polar surface area (TPSA) is 141 Å². The lowest BCUT2D eigenvalue weighted by molar-refractivity contribution is -0.325. The maximum absolute atomic E-state index is 13.3. The molecular weight excluding hydrogens is 528 g/mol. The number of fused-ring (bicyclic) bond motifs is 1. The van der Waals surface area contributed by atoms with E-state index in [-0.39, 0.29) is 24.8 Å². The number of likely N-dealkylation sites (tertiary alicyclic amines) is 1. The number of hydrogen-bond acceptors (Lipinski definition) is 6. The third-order valence-electron chi connectivity index (χ3n) is 7.11. The first-order chi connectivity index (χ1) is 17.7. The zero-order valence-corrected chi connectivity index (χ0v) is 20.0. The molecule has 0 aromatic rings. The Balaban J connectivity index is 1.79. The van der Waals surface area contributed by atoms with Crippen LogP contribution in [0, 0.1) is 29.1 Å². The highest BCUT2D eigenvalue weighted by Crippen LogP contribution is 2.42. The van der Waals surface area contributed by atoms with Gasteiger partial charge in [0.25, 0.3) is 0 Å². The fourth-order valence-electron chi connectivity index (χ4n) is 5.41. The van der Waals surface area contributed by atoms with Gasteiger partial charge in [-0.05, 0) is 43.9 Å². The molecule has 0 spiro atoms. The van der Waals surface area contributed by atoms with E-state index in [0.29, 0.717) is 38.6 Å². The summed E-state index contributed by atoms with van der Waals surface area (Å²) in [5, 5.41) is 15.9. The second kappa shape index (κ2) is 11.7. The van der Waals surface area contributed by atoms with Gasteiger partial charge in [0, 0.05) is 19.0 Å². The Hall–Kier alpha value is -3.09. The number of nitriles is 1. The molecule has 0 radical (unpaired) electrons. The Morgan fingerprint density at radius 3 is 2.42 bits per heavy atom. The molecule has 6 atom stereocenters. The Morgan fingerprint density at radius 1 is 1.11 bits per heavy atom. The van der Waals surface area contributed by atoms with E-state index in [1.807, 2.05) is 6.07 Å². The van der Waals surface area contributed by atoms with Gasteiger partial charge in [-0.3, -0.25) is 23.9 Å². The molecular formula is C22H27F6N5O5. The number of halogens is 6. The van der Waals surface area contributed by atoms with Gasteiger partial charge >= 0.3 is 18.4 Å². The highest BCUT2D eigenvalue weighted by Gasteiger charge is 2.52. The number of carbonyl (C=O) groups excluding carboxylic acids is 4. The summed E-state index contributed by atoms with van der Waals surface area (Å²) in [4.78, 5) is 50.8. The van der Waals surface area contributed by atoms with Crippen LogP contribution in [0.1, 0.15) is 38.5 Å². The zero-order chi connectivity index (χ0) is 28.3. The summed E-state index contributed by atoms with van der Waals surface area (Å²) < 4.78 is 79.8. The quantitative estimate of drug-likeness (QED) is 0.384. The first-order valence-electron chi connectivity index (χ1n) is 12.1. The molecule has 2 aliphatic heterocycles. The lowest BCUT2D eigenvalue weighted by Crippen LogP contribution is -2.58. The molecule has 0 unspecified atom stereocenters. The molecule has 212 valence electrons. The number of amides is 4. The fraction of sp³-hybridized carbons (Fsp3) is 0.773. The van der Waals surface area contributed by atoms with Crippen molar-refractivity contribution in [1.82, 2.24) is 20.9 Å². The van der Waals surface area contributed by atoms with Crippen molar-refractivity contribution in [3.63, 3.8) is 0 Å². The van der Waals surface area contributed by atoms with Crippen molar-refractivity contribution in [3.8, 4) is 6.07 Å². The van der Waals surface area contributed by atoms with E-state index in [2.05, 4.69) is 15.4 Å². The monoisotopic (exact) mass is 555 g/mol. The van der Waals surface area contributed by atoms with Crippen molar-refractivity contribution in [2.24, 2.45) is 17.8 Å². The van der Waals surface area contributed by atoms with E-state index in [9.17, 15) is 50.8 Å². The van der Waals surface area contributed by atoms with Crippen LogP contribution in [0.2, 0.25) is 0 Å². The Morgan fingerprint density at radius 2 is 1.82 bits per heavy atom. The van der Waals surface area contributed by atoms with Crippen LogP contribution in [0.15, 0.2) is 0 Å². The normalized spacial score (nSPS) is 27.1. The average molecular weight is 555 g/mol. The van der Waals surface area contributed by atoms with Crippen molar-refractivity contribution in [3.05, 3.63) is 0 Å². The van der Waals surface area contributed by atoms with E-state index in [0.717, 1.165) is 4.90 Å². The number of nitrogens with one attached hydrogen (secondary N) is 3. The van der Waals surface area contributed by atoms with Gasteiger partial charge in [0.05, 0.1) is 12.7 Å². The molecule has 0 aromatic carbocycles. The summed E-state index contributed by atoms with van der Waals surface area (Å²) in [7, 11) is 0. The molecule has 0 aromatic heterocycles. The predicted molar refractivity (Wildman–Crippen MR) is 114 cm³/mol. The number of ether oxygens (including phenoxy) is 1. The molecule has 0 bridgehead atoms. The molecule has 3 fully saturated rings. The van der Waals surface area contributed by atoms with Crippen LogP contribution in [-0.2, 0) is 23.9 Å². The summed E-state index contributed by atoms with van der Waals surface area (Å²) in [6, 6.07) is -2.90. The molecule has 2 saturated heterocycles. The number of carbonyl (C=O) groups is 4. The maximum atomic E-state index is 13.3. The molecule has 4 amide bonds. The minimum atomic E-state index is -5.49. The summed E-state index contributed by atoms with van der Waals surface area (Å²) in [5.41, 5.74) is 0. The van der Waals surface area contributed by atoms with E-state index in [1.165, 1.54) is 5.32 Å². The number of piperidine rings is 1. The predicted octanol–water partition coefficient (Wildman–Crippen LogP) is 1.12. The first-order valence-corrected chi connectivity index (χ1v) is 12.1. The molecule has 3 aliphatic rings. The maximum Gasteiger partial charge on any atom is 0.522 e. The molecule has 2 heterocycles. The van der Waals surface area contributed by atoms with E-state index < -0.39 is 66.8 Å². The van der Waals surface area contributed by atoms with Crippen LogP contribution >= 0.6 is 0 Å². The van der Waals surface area contributed by atoms with Gasteiger partial charge in [-0.25, -0.2) is 0 Å². The van der Waals surface area contributed by atoms with Gasteiger partial charge in [-0.15, -0.1) is 13.2 Å². The number of rotatable bonds is 8. The summed E-state index contributed by atoms with van der Waals surface area (Å²) in [6.07, 6.45) is -7.89. The summed E-state index contributed by atoms with van der Waals surface area (Å²) >= 11 is 0. The minimum absolute atomic E-state index is 0.00742. The lowest BCUT2D eigenvalue weighted by atomic mass is 9.91. The first kappa shape index (κ1) is 29.5. The Bertz CT molecular complexity index is 968. The molecule has 3 rings (SSSR count). The van der Waals surface area contributed by atoms with Crippen LogP contribution in [-0.4, -0.2) is 78.9 Å². The summed E-state index contributed by atoms with van der Waals surface area (Å²) in [6.45, 7) is -1.28. The fourth-order valence-corrected chi connectivity index (χ4v) is 5.41. The largest absolute Gasteiger partial charge is 0.522 e. The minimum Gasteiger partial charge on any atom is -0.356 e. The summed E-state index contributed by atoms with van der Waals surface area (Å²) in [5.74, 6) is -6.30. The highest BCUT2D eigenvalue weighted by atomic mass is 19.4. The van der Waals surface area contributed by atoms with E-state index in [4.69, 9.17) is 0 Å². The number of nitrogens with zero attached hydrogens (tertiary/aromatic N) is 2. The average Bonchev–Trinajstić information content (AvgIpc) is 3.42. The van der Waals surface area contributed by atoms with Crippen LogP contribution in [0.3, 0.4) is 0 Å². The molecule has 1 saturated carbocycles. The second-order valence-corrected chi connectivity index (χ2v) is 9.63. The highest BCUT2D eigenvalue weighted by molar-refractivity contribution is 5.94. The van der Waals surface area contributed by atoms with Crippen molar-refractivity contribution >= 4 is 23.6 Å². The van der Waals surface area contributed by atoms with Crippen LogP contribution in [0.5, 0.6) is 0 Å². The standard InChI is InChI=1S/C22H27F6N5O5/c23-21(24,25)20(37)32-15(10-38-22(26,27)28)19(36)33-9-12-3-1-5-14(12)16(33)18(35)31-13(8-29)7-11-4-2-6-30-17(11)34/h11-16H,1-7,9-10H2,(H,30,34)(H,31,35)(H,32,37)/t11-,12-,13-,14-,15-,16-/m0/s1. The van der Waals surface area contributed by atoms with Crippen molar-refractivity contribution in [2.45, 2.75) is 69.2 Å². The van der Waals surface area contributed by atoms with Gasteiger partial charge in [0.2, 0.25) is 17.7 Å². The van der Waals surface area contributed by atoms with E-state index >= 15 is 0 Å². The van der Waals surface area contributed by atoms with Gasteiger partial charge in [-0.1, -0.05) is 6.42 Å². The molecule has 38 heavy (non-hydrogen) atoms. The van der Waals surface area contributed by atoms with Crippen molar-refractivity contribution < 1.29 is 50.3 Å². The molecule has 10 nitrogen and oxygen atoms in total. The lowest BCUT2D eigenvalue weighted by Gasteiger charge is -2.31. The third-order valence-corrected chi connectivity index (χ3v) is 7.11. The second-order valence-electron chi connectivity index (χ2n) is 9.63. The Kier molecular flexibility index (Phi) is 9.11. The van der Waals surface area contributed by atoms with Crippen LogP contribution in [0.4, 0.5) is 26.3 Å². The Labute approximate surface area is 213 Å². The van der Waals surface area contributed by atoms with Crippen molar-refractivity contribution in [2.75, 3.05) is 19.7 Å². The van der Waals surface area contributed by atoms with Crippen LogP contribution in [0.25, 0.3) is 0 Å². The zero-order valence-electron chi connectivity index (χ0n) is 20.0. The van der Waals surface area contributed by atoms with Gasteiger partial charge in [-0.2, -0.15) is 18.4 Å². The van der Waals surface area contributed by atoms with Crippen LogP contribution < -0.4 is 16.0 Å². The number of hydrogen-bond donors (Lipinski definition) is 3. The molecule has 16 heteroatoms. The van der Waals surface area contributed by atoms with Gasteiger partial charge in [0.15, 0.2) is 0 Å². The van der Waals surface area contributed by atoms with Gasteiger partial charge in [0.1, 0.15) is 18.1 Å². The SMILES string of the molecule is N#C[C@H](C[C@@H]1CCCNC1=O)NC(=O)[C@@H]1[C@H]2CCC[C@H]2CN1C(=O)[C@H](COC(F)(F)F)NC(=O)C(F)(F)F. The molecule has 3 N–H and O–H groups in total. The van der Waals surface area contributed by atoms with Gasteiger partial charge < -0.3 is 20.9 Å². The third kappa shape index (κ3) is 7.27.